The van der Waals surface area contributed by atoms with Crippen molar-refractivity contribution in [2.24, 2.45) is 0 Å². The third-order valence-electron chi connectivity index (χ3n) is 1.90. The van der Waals surface area contributed by atoms with Crippen LogP contribution in [0.3, 0.4) is 0 Å². The highest BCUT2D eigenvalue weighted by Crippen LogP contribution is 2.30. The number of hydrogen-bond acceptors (Lipinski definition) is 3. The molecule has 2 rings (SSSR count). The molecular formula is C11H8ClFN2O. The van der Waals surface area contributed by atoms with Crippen LogP contribution >= 0.6 is 11.6 Å². The standard InChI is InChI=1S/C11H8ClFN2O/c12-8-2-1-5-15-11(8)16-10-4-3-7(13)6-9(10)14/h1-6H,14H2. The zero-order valence-corrected chi connectivity index (χ0v) is 8.91. The molecule has 0 fully saturated rings. The van der Waals surface area contributed by atoms with Gasteiger partial charge in [-0.2, -0.15) is 0 Å². The lowest BCUT2D eigenvalue weighted by Gasteiger charge is -2.08. The van der Waals surface area contributed by atoms with Crippen LogP contribution in [-0.2, 0) is 0 Å². The summed E-state index contributed by atoms with van der Waals surface area (Å²) in [4.78, 5) is 3.93. The van der Waals surface area contributed by atoms with Crippen LogP contribution in [0, 0.1) is 5.82 Å². The van der Waals surface area contributed by atoms with Crippen LogP contribution in [-0.4, -0.2) is 4.98 Å². The van der Waals surface area contributed by atoms with Gasteiger partial charge in [-0.15, -0.1) is 0 Å². The molecular weight excluding hydrogens is 231 g/mol. The number of pyridine rings is 1. The van der Waals surface area contributed by atoms with Gasteiger partial charge in [-0.3, -0.25) is 0 Å². The molecule has 16 heavy (non-hydrogen) atoms. The van der Waals surface area contributed by atoms with Crippen LogP contribution in [0.4, 0.5) is 10.1 Å². The number of aromatic nitrogens is 1. The van der Waals surface area contributed by atoms with Crippen LogP contribution in [0.2, 0.25) is 5.02 Å². The van der Waals surface area contributed by atoms with Crippen molar-refractivity contribution in [3.8, 4) is 11.6 Å². The van der Waals surface area contributed by atoms with Crippen molar-refractivity contribution in [2.75, 3.05) is 5.73 Å². The Kier molecular flexibility index (Phi) is 2.92. The van der Waals surface area contributed by atoms with Crippen LogP contribution < -0.4 is 10.5 Å². The molecule has 0 radical (unpaired) electrons. The molecule has 0 amide bonds. The first-order chi connectivity index (χ1) is 7.66. The molecule has 1 aromatic carbocycles. The zero-order chi connectivity index (χ0) is 11.5. The van der Waals surface area contributed by atoms with Crippen molar-refractivity contribution >= 4 is 17.3 Å². The molecule has 0 saturated heterocycles. The summed E-state index contributed by atoms with van der Waals surface area (Å²) in [5.41, 5.74) is 5.78. The minimum Gasteiger partial charge on any atom is -0.435 e. The fourth-order valence-electron chi connectivity index (χ4n) is 1.16. The van der Waals surface area contributed by atoms with E-state index >= 15 is 0 Å². The van der Waals surface area contributed by atoms with Gasteiger partial charge in [0.05, 0.1) is 5.69 Å². The van der Waals surface area contributed by atoms with Crippen molar-refractivity contribution in [1.29, 1.82) is 0 Å². The van der Waals surface area contributed by atoms with Crippen molar-refractivity contribution in [1.82, 2.24) is 4.98 Å². The number of nitrogens with zero attached hydrogens (tertiary/aromatic N) is 1. The lowest BCUT2D eigenvalue weighted by Crippen LogP contribution is -1.94. The molecule has 0 aliphatic carbocycles. The molecule has 3 nitrogen and oxygen atoms in total. The summed E-state index contributed by atoms with van der Waals surface area (Å²) in [5, 5.41) is 0.367. The Morgan fingerprint density at radius 2 is 2.12 bits per heavy atom. The number of nitrogen functional groups attached to an aromatic ring is 1. The van der Waals surface area contributed by atoms with Gasteiger partial charge < -0.3 is 10.5 Å². The second-order valence-electron chi connectivity index (χ2n) is 3.07. The van der Waals surface area contributed by atoms with E-state index in [-0.39, 0.29) is 11.6 Å². The molecule has 1 aromatic heterocycles. The fourth-order valence-corrected chi connectivity index (χ4v) is 1.32. The Hall–Kier alpha value is -1.81. The van der Waals surface area contributed by atoms with E-state index in [0.717, 1.165) is 0 Å². The molecule has 2 aromatic rings. The SMILES string of the molecule is Nc1cc(F)ccc1Oc1ncccc1Cl. The van der Waals surface area contributed by atoms with E-state index in [9.17, 15) is 4.39 Å². The summed E-state index contributed by atoms with van der Waals surface area (Å²) in [6.45, 7) is 0. The van der Waals surface area contributed by atoms with E-state index in [1.807, 2.05) is 0 Å². The monoisotopic (exact) mass is 238 g/mol. The Morgan fingerprint density at radius 3 is 2.81 bits per heavy atom. The molecule has 0 aliphatic rings. The Bertz CT molecular complexity index is 519. The van der Waals surface area contributed by atoms with Gasteiger partial charge in [-0.1, -0.05) is 11.6 Å². The molecule has 1 heterocycles. The van der Waals surface area contributed by atoms with Gasteiger partial charge in [0, 0.05) is 12.3 Å². The lowest BCUT2D eigenvalue weighted by atomic mass is 10.3. The van der Waals surface area contributed by atoms with Crippen molar-refractivity contribution in [3.05, 3.63) is 47.4 Å². The molecule has 0 atom stereocenters. The number of anilines is 1. The summed E-state index contributed by atoms with van der Waals surface area (Å²) in [6.07, 6.45) is 1.54. The largest absolute Gasteiger partial charge is 0.435 e. The normalized spacial score (nSPS) is 10.1. The van der Waals surface area contributed by atoms with E-state index in [1.54, 1.807) is 18.3 Å². The van der Waals surface area contributed by atoms with E-state index in [0.29, 0.717) is 10.8 Å². The number of halogens is 2. The van der Waals surface area contributed by atoms with E-state index < -0.39 is 5.82 Å². The van der Waals surface area contributed by atoms with Gasteiger partial charge in [-0.25, -0.2) is 9.37 Å². The minimum atomic E-state index is -0.419. The molecule has 82 valence electrons. The van der Waals surface area contributed by atoms with E-state index in [1.165, 1.54) is 18.2 Å². The number of nitrogens with two attached hydrogens (primary N) is 1. The molecule has 0 aliphatic heterocycles. The second-order valence-corrected chi connectivity index (χ2v) is 3.48. The van der Waals surface area contributed by atoms with Crippen molar-refractivity contribution in [3.63, 3.8) is 0 Å². The Morgan fingerprint density at radius 1 is 1.31 bits per heavy atom. The average molecular weight is 239 g/mol. The Balaban J connectivity index is 2.31. The number of rotatable bonds is 2. The summed E-state index contributed by atoms with van der Waals surface area (Å²) < 4.78 is 18.1. The highest BCUT2D eigenvalue weighted by molar-refractivity contribution is 6.31. The molecule has 0 spiro atoms. The second kappa shape index (κ2) is 4.37. The number of ether oxygens (including phenoxy) is 1. The molecule has 2 N–H and O–H groups in total. The maximum absolute atomic E-state index is 12.8. The summed E-state index contributed by atoms with van der Waals surface area (Å²) in [6, 6.07) is 7.18. The van der Waals surface area contributed by atoms with E-state index in [4.69, 9.17) is 22.1 Å². The molecule has 0 saturated carbocycles. The first-order valence-corrected chi connectivity index (χ1v) is 4.88. The highest BCUT2D eigenvalue weighted by Gasteiger charge is 2.07. The maximum Gasteiger partial charge on any atom is 0.238 e. The Labute approximate surface area is 96.6 Å². The highest BCUT2D eigenvalue weighted by atomic mass is 35.5. The number of benzene rings is 1. The molecule has 0 bridgehead atoms. The van der Waals surface area contributed by atoms with Crippen LogP contribution in [0.5, 0.6) is 11.6 Å². The number of hydrogen-bond donors (Lipinski definition) is 1. The molecule has 5 heteroatoms. The first-order valence-electron chi connectivity index (χ1n) is 4.50. The smallest absolute Gasteiger partial charge is 0.238 e. The summed E-state index contributed by atoms with van der Waals surface area (Å²) >= 11 is 5.86. The quantitative estimate of drug-likeness (QED) is 0.817. The van der Waals surface area contributed by atoms with Gasteiger partial charge in [0.1, 0.15) is 10.8 Å². The lowest BCUT2D eigenvalue weighted by molar-refractivity contribution is 0.464. The van der Waals surface area contributed by atoms with Crippen LogP contribution in [0.25, 0.3) is 0 Å². The summed E-state index contributed by atoms with van der Waals surface area (Å²) in [7, 11) is 0. The van der Waals surface area contributed by atoms with Gasteiger partial charge in [0.2, 0.25) is 5.88 Å². The van der Waals surface area contributed by atoms with Crippen LogP contribution in [0.15, 0.2) is 36.5 Å². The third kappa shape index (κ3) is 2.23. The average Bonchev–Trinajstić information content (AvgIpc) is 2.25. The minimum absolute atomic E-state index is 0.196. The van der Waals surface area contributed by atoms with Gasteiger partial charge in [0.25, 0.3) is 0 Å². The van der Waals surface area contributed by atoms with Crippen molar-refractivity contribution < 1.29 is 9.13 Å². The summed E-state index contributed by atoms with van der Waals surface area (Å²) in [5.74, 6) is 0.140. The van der Waals surface area contributed by atoms with Crippen molar-refractivity contribution in [2.45, 2.75) is 0 Å². The van der Waals surface area contributed by atoms with E-state index in [2.05, 4.69) is 4.98 Å². The van der Waals surface area contributed by atoms with Gasteiger partial charge >= 0.3 is 0 Å². The van der Waals surface area contributed by atoms with Crippen LogP contribution in [0.1, 0.15) is 0 Å². The third-order valence-corrected chi connectivity index (χ3v) is 2.19. The predicted octanol–water partition coefficient (Wildman–Crippen LogP) is 3.25. The zero-order valence-electron chi connectivity index (χ0n) is 8.15. The van der Waals surface area contributed by atoms with Gasteiger partial charge in [0.15, 0.2) is 5.75 Å². The topological polar surface area (TPSA) is 48.1 Å². The van der Waals surface area contributed by atoms with Gasteiger partial charge in [-0.05, 0) is 24.3 Å². The first kappa shape index (κ1) is 10.7. The molecule has 0 unspecified atom stereocenters. The predicted molar refractivity (Wildman–Crippen MR) is 60.1 cm³/mol. The maximum atomic E-state index is 12.8. The fraction of sp³-hybridized carbons (Fsp3) is 0.